The van der Waals surface area contributed by atoms with Gasteiger partial charge in [-0.25, -0.2) is 0 Å². The maximum Gasteiger partial charge on any atom is 0.228 e. The van der Waals surface area contributed by atoms with Crippen LogP contribution >= 0.6 is 0 Å². The summed E-state index contributed by atoms with van der Waals surface area (Å²) in [7, 11) is 4.15. The van der Waals surface area contributed by atoms with Gasteiger partial charge in [-0.15, -0.1) is 0 Å². The number of nitrogens with one attached hydrogen (secondary N) is 1. The third-order valence-electron chi connectivity index (χ3n) is 3.93. The summed E-state index contributed by atoms with van der Waals surface area (Å²) in [6, 6.07) is 0. The number of carbonyl (C=O) groups is 1. The van der Waals surface area contributed by atoms with E-state index in [4.69, 9.17) is 0 Å². The average Bonchev–Trinajstić information content (AvgIpc) is 2.34. The van der Waals surface area contributed by atoms with E-state index in [1.807, 2.05) is 4.90 Å². The van der Waals surface area contributed by atoms with Crippen molar-refractivity contribution in [1.29, 1.82) is 0 Å². The van der Waals surface area contributed by atoms with Crippen molar-refractivity contribution in [2.75, 3.05) is 46.8 Å². The smallest absolute Gasteiger partial charge is 0.228 e. The first kappa shape index (κ1) is 15.4. The van der Waals surface area contributed by atoms with Crippen LogP contribution in [0, 0.1) is 5.41 Å². The number of carbonyl (C=O) groups excluding carboxylic acids is 1. The van der Waals surface area contributed by atoms with Crippen LogP contribution in [0.3, 0.4) is 0 Å². The van der Waals surface area contributed by atoms with Gasteiger partial charge in [0.2, 0.25) is 5.91 Å². The van der Waals surface area contributed by atoms with E-state index in [-0.39, 0.29) is 5.41 Å². The highest BCUT2D eigenvalue weighted by molar-refractivity contribution is 5.82. The van der Waals surface area contributed by atoms with Gasteiger partial charge in [0.15, 0.2) is 0 Å². The SMILES string of the molecule is CCN(CCCN(C)C)C(=O)C1(C)CCNCC1. The van der Waals surface area contributed by atoms with E-state index in [9.17, 15) is 4.79 Å². The Labute approximate surface area is 112 Å². The number of hydrogen-bond donors (Lipinski definition) is 1. The lowest BCUT2D eigenvalue weighted by Gasteiger charge is -2.37. The molecule has 1 rings (SSSR count). The molecule has 0 unspecified atom stereocenters. The molecule has 0 aromatic carbocycles. The third-order valence-corrected chi connectivity index (χ3v) is 3.93. The second kappa shape index (κ2) is 7.10. The van der Waals surface area contributed by atoms with Crippen LogP contribution in [0.4, 0.5) is 0 Å². The normalized spacial score (nSPS) is 18.9. The summed E-state index contributed by atoms with van der Waals surface area (Å²) < 4.78 is 0. The third kappa shape index (κ3) is 4.25. The molecule has 0 spiro atoms. The molecule has 4 heteroatoms. The topological polar surface area (TPSA) is 35.6 Å². The zero-order chi connectivity index (χ0) is 13.6. The Hall–Kier alpha value is -0.610. The molecule has 1 heterocycles. The van der Waals surface area contributed by atoms with Crippen molar-refractivity contribution in [2.45, 2.75) is 33.1 Å². The Balaban J connectivity index is 2.49. The summed E-state index contributed by atoms with van der Waals surface area (Å²) in [6.07, 6.45) is 2.99. The minimum atomic E-state index is -0.140. The molecular weight excluding hydrogens is 226 g/mol. The predicted octanol–water partition coefficient (Wildman–Crippen LogP) is 1.18. The number of amides is 1. The second-order valence-corrected chi connectivity index (χ2v) is 5.85. The Morgan fingerprint density at radius 3 is 2.33 bits per heavy atom. The molecule has 0 aliphatic carbocycles. The van der Waals surface area contributed by atoms with Gasteiger partial charge in [0.1, 0.15) is 0 Å². The van der Waals surface area contributed by atoms with E-state index in [0.29, 0.717) is 5.91 Å². The van der Waals surface area contributed by atoms with E-state index >= 15 is 0 Å². The van der Waals surface area contributed by atoms with Gasteiger partial charge < -0.3 is 15.1 Å². The van der Waals surface area contributed by atoms with Gasteiger partial charge >= 0.3 is 0 Å². The van der Waals surface area contributed by atoms with Crippen molar-refractivity contribution in [1.82, 2.24) is 15.1 Å². The fraction of sp³-hybridized carbons (Fsp3) is 0.929. The molecule has 0 atom stereocenters. The Kier molecular flexibility index (Phi) is 6.09. The summed E-state index contributed by atoms with van der Waals surface area (Å²) in [5, 5.41) is 3.33. The number of nitrogens with zero attached hydrogens (tertiary/aromatic N) is 2. The Morgan fingerprint density at radius 2 is 1.83 bits per heavy atom. The number of hydrogen-bond acceptors (Lipinski definition) is 3. The fourth-order valence-electron chi connectivity index (χ4n) is 2.56. The number of piperidine rings is 1. The highest BCUT2D eigenvalue weighted by Gasteiger charge is 2.36. The molecule has 1 aliphatic heterocycles. The lowest BCUT2D eigenvalue weighted by atomic mass is 9.79. The van der Waals surface area contributed by atoms with E-state index in [1.165, 1.54) is 0 Å². The maximum absolute atomic E-state index is 12.6. The van der Waals surface area contributed by atoms with Crippen LogP contribution in [-0.2, 0) is 4.79 Å². The molecule has 0 radical (unpaired) electrons. The minimum Gasteiger partial charge on any atom is -0.342 e. The van der Waals surface area contributed by atoms with Crippen LogP contribution in [0.2, 0.25) is 0 Å². The van der Waals surface area contributed by atoms with Gasteiger partial charge in [-0.05, 0) is 59.9 Å². The van der Waals surface area contributed by atoms with Crippen LogP contribution in [0.1, 0.15) is 33.1 Å². The molecule has 18 heavy (non-hydrogen) atoms. The molecule has 1 N–H and O–H groups in total. The Morgan fingerprint density at radius 1 is 1.22 bits per heavy atom. The Bertz CT molecular complexity index is 260. The summed E-state index contributed by atoms with van der Waals surface area (Å²) in [5.41, 5.74) is -0.140. The van der Waals surface area contributed by atoms with Crippen molar-refractivity contribution >= 4 is 5.91 Å². The molecule has 1 aliphatic rings. The fourth-order valence-corrected chi connectivity index (χ4v) is 2.56. The first-order chi connectivity index (χ1) is 8.49. The first-order valence-electron chi connectivity index (χ1n) is 7.14. The molecule has 106 valence electrons. The van der Waals surface area contributed by atoms with Crippen molar-refractivity contribution in [3.63, 3.8) is 0 Å². The van der Waals surface area contributed by atoms with Crippen LogP contribution in [0.15, 0.2) is 0 Å². The summed E-state index contributed by atoms with van der Waals surface area (Å²) in [4.78, 5) is 16.8. The van der Waals surface area contributed by atoms with Gasteiger partial charge in [-0.1, -0.05) is 6.92 Å². The van der Waals surface area contributed by atoms with Crippen LogP contribution < -0.4 is 5.32 Å². The van der Waals surface area contributed by atoms with Gasteiger partial charge in [0, 0.05) is 18.5 Å². The summed E-state index contributed by atoms with van der Waals surface area (Å²) in [5.74, 6) is 0.352. The highest BCUT2D eigenvalue weighted by atomic mass is 16.2. The average molecular weight is 255 g/mol. The van der Waals surface area contributed by atoms with E-state index in [0.717, 1.165) is 52.0 Å². The van der Waals surface area contributed by atoms with Crippen molar-refractivity contribution in [3.8, 4) is 0 Å². The van der Waals surface area contributed by atoms with Gasteiger partial charge in [-0.2, -0.15) is 0 Å². The molecule has 4 nitrogen and oxygen atoms in total. The van der Waals surface area contributed by atoms with Crippen molar-refractivity contribution in [2.24, 2.45) is 5.41 Å². The van der Waals surface area contributed by atoms with Gasteiger partial charge in [-0.3, -0.25) is 4.79 Å². The monoisotopic (exact) mass is 255 g/mol. The zero-order valence-corrected chi connectivity index (χ0v) is 12.5. The predicted molar refractivity (Wildman–Crippen MR) is 75.6 cm³/mol. The van der Waals surface area contributed by atoms with Crippen LogP contribution in [0.5, 0.6) is 0 Å². The van der Waals surface area contributed by atoms with Crippen molar-refractivity contribution < 1.29 is 4.79 Å². The van der Waals surface area contributed by atoms with E-state index in [2.05, 4.69) is 38.2 Å². The maximum atomic E-state index is 12.6. The largest absolute Gasteiger partial charge is 0.342 e. The van der Waals surface area contributed by atoms with Crippen LogP contribution in [-0.4, -0.2) is 62.5 Å². The molecule has 1 saturated heterocycles. The first-order valence-corrected chi connectivity index (χ1v) is 7.14. The molecule has 1 amide bonds. The van der Waals surface area contributed by atoms with Gasteiger partial charge in [0.25, 0.3) is 0 Å². The second-order valence-electron chi connectivity index (χ2n) is 5.85. The number of rotatable bonds is 6. The molecule has 0 saturated carbocycles. The molecule has 1 fully saturated rings. The zero-order valence-electron chi connectivity index (χ0n) is 12.5. The highest BCUT2D eigenvalue weighted by Crippen LogP contribution is 2.30. The molecule has 0 aromatic heterocycles. The lowest BCUT2D eigenvalue weighted by molar-refractivity contribution is -0.142. The minimum absolute atomic E-state index is 0.140. The molecule has 0 bridgehead atoms. The van der Waals surface area contributed by atoms with E-state index < -0.39 is 0 Å². The van der Waals surface area contributed by atoms with Crippen molar-refractivity contribution in [3.05, 3.63) is 0 Å². The molecule has 0 aromatic rings. The lowest BCUT2D eigenvalue weighted by Crippen LogP contribution is -2.48. The summed E-state index contributed by atoms with van der Waals surface area (Å²) in [6.45, 7) is 8.91. The quantitative estimate of drug-likeness (QED) is 0.774. The molecular formula is C14H29N3O. The van der Waals surface area contributed by atoms with Gasteiger partial charge in [0.05, 0.1) is 0 Å². The summed E-state index contributed by atoms with van der Waals surface area (Å²) >= 11 is 0. The standard InChI is InChI=1S/C14H29N3O/c1-5-17(12-6-11-16(3)4)13(18)14(2)7-9-15-10-8-14/h15H,5-12H2,1-4H3. The van der Waals surface area contributed by atoms with Crippen LogP contribution in [0.25, 0.3) is 0 Å². The van der Waals surface area contributed by atoms with E-state index in [1.54, 1.807) is 0 Å².